The van der Waals surface area contributed by atoms with Gasteiger partial charge in [0.1, 0.15) is 17.2 Å². The summed E-state index contributed by atoms with van der Waals surface area (Å²) in [6, 6.07) is 9.47. The molecule has 146 valence electrons. The molecule has 0 amide bonds. The van der Waals surface area contributed by atoms with Crippen molar-refractivity contribution >= 4 is 23.7 Å². The Morgan fingerprint density at radius 2 is 1.58 bits per heavy atom. The van der Waals surface area contributed by atoms with Gasteiger partial charge in [-0.15, -0.1) is 0 Å². The molecule has 0 radical (unpaired) electrons. The fourth-order valence-corrected chi connectivity index (χ4v) is 3.07. The molecule has 0 saturated carbocycles. The average Bonchev–Trinajstić information content (AvgIpc) is 2.48. The maximum Gasteiger partial charge on any atom is 0.324 e. The molecule has 0 bridgehead atoms. The van der Waals surface area contributed by atoms with Crippen molar-refractivity contribution in [3.05, 3.63) is 35.9 Å². The molecule has 0 fully saturated rings. The van der Waals surface area contributed by atoms with Crippen molar-refractivity contribution in [2.45, 2.75) is 64.5 Å². The molecular formula is C20H31NO4S. The van der Waals surface area contributed by atoms with Gasteiger partial charge in [-0.2, -0.15) is 11.8 Å². The standard InChI is InChI=1S/C20H31NO4S/c1-19(2,3)24-17(22)12-21-16(18(23)25-20(4,5)6)14-26-13-15-10-8-7-9-11-15/h7-11,16,21H,12-14H2,1-6H3/t16-/m1/s1. The quantitative estimate of drug-likeness (QED) is 0.695. The average molecular weight is 382 g/mol. The van der Waals surface area contributed by atoms with Gasteiger partial charge in [-0.1, -0.05) is 30.3 Å². The zero-order valence-corrected chi connectivity index (χ0v) is 17.4. The molecule has 0 heterocycles. The lowest BCUT2D eigenvalue weighted by Crippen LogP contribution is -2.46. The van der Waals surface area contributed by atoms with Crippen LogP contribution in [0.4, 0.5) is 0 Å². The first kappa shape index (κ1) is 22.5. The molecule has 0 saturated heterocycles. The highest BCUT2D eigenvalue weighted by molar-refractivity contribution is 7.98. The number of hydrogen-bond acceptors (Lipinski definition) is 6. The number of carbonyl (C=O) groups excluding carboxylic acids is 2. The summed E-state index contributed by atoms with van der Waals surface area (Å²) in [4.78, 5) is 24.4. The largest absolute Gasteiger partial charge is 0.459 e. The SMILES string of the molecule is CC(C)(C)OC(=O)CN[C@H](CSCc1ccccc1)C(=O)OC(C)(C)C. The first-order valence-electron chi connectivity index (χ1n) is 8.76. The maximum absolute atomic E-state index is 12.4. The first-order valence-corrected chi connectivity index (χ1v) is 9.91. The number of hydrogen-bond donors (Lipinski definition) is 1. The Morgan fingerprint density at radius 3 is 2.12 bits per heavy atom. The van der Waals surface area contributed by atoms with Gasteiger partial charge in [0.15, 0.2) is 0 Å². The zero-order chi connectivity index (χ0) is 19.8. The van der Waals surface area contributed by atoms with Crippen molar-refractivity contribution in [2.24, 2.45) is 0 Å². The Bertz CT molecular complexity index is 576. The van der Waals surface area contributed by atoms with Crippen LogP contribution < -0.4 is 5.32 Å². The van der Waals surface area contributed by atoms with Crippen molar-refractivity contribution in [3.8, 4) is 0 Å². The van der Waals surface area contributed by atoms with Crippen molar-refractivity contribution < 1.29 is 19.1 Å². The molecule has 1 N–H and O–H groups in total. The van der Waals surface area contributed by atoms with Crippen LogP contribution in [-0.4, -0.2) is 41.5 Å². The zero-order valence-electron chi connectivity index (χ0n) is 16.6. The molecule has 0 aliphatic rings. The summed E-state index contributed by atoms with van der Waals surface area (Å²) in [5, 5.41) is 2.98. The van der Waals surface area contributed by atoms with Gasteiger partial charge >= 0.3 is 11.9 Å². The number of thioether (sulfide) groups is 1. The highest BCUT2D eigenvalue weighted by Gasteiger charge is 2.26. The van der Waals surface area contributed by atoms with E-state index in [9.17, 15) is 9.59 Å². The molecule has 0 aliphatic carbocycles. The Morgan fingerprint density at radius 1 is 1.00 bits per heavy atom. The summed E-state index contributed by atoms with van der Waals surface area (Å²) in [5.41, 5.74) is 0.0579. The van der Waals surface area contributed by atoms with Crippen molar-refractivity contribution in [1.82, 2.24) is 5.32 Å². The minimum absolute atomic E-state index is 0.0346. The lowest BCUT2D eigenvalue weighted by atomic mass is 10.2. The molecule has 0 spiro atoms. The monoisotopic (exact) mass is 381 g/mol. The highest BCUT2D eigenvalue weighted by atomic mass is 32.2. The van der Waals surface area contributed by atoms with E-state index in [1.807, 2.05) is 71.9 Å². The van der Waals surface area contributed by atoms with Crippen molar-refractivity contribution in [1.29, 1.82) is 0 Å². The summed E-state index contributed by atoms with van der Waals surface area (Å²) >= 11 is 1.62. The summed E-state index contributed by atoms with van der Waals surface area (Å²) in [7, 11) is 0. The minimum atomic E-state index is -0.576. The fraction of sp³-hybridized carbons (Fsp3) is 0.600. The van der Waals surface area contributed by atoms with Crippen molar-refractivity contribution in [2.75, 3.05) is 12.3 Å². The van der Waals surface area contributed by atoms with E-state index in [2.05, 4.69) is 5.32 Å². The van der Waals surface area contributed by atoms with Crippen LogP contribution in [0, 0.1) is 0 Å². The molecule has 0 aromatic heterocycles. The van der Waals surface area contributed by atoms with E-state index in [4.69, 9.17) is 9.47 Å². The fourth-order valence-electron chi connectivity index (χ4n) is 2.04. The summed E-state index contributed by atoms with van der Waals surface area (Å²) < 4.78 is 10.8. The number of esters is 2. The van der Waals surface area contributed by atoms with Gasteiger partial charge in [0.25, 0.3) is 0 Å². The Balaban J connectivity index is 2.60. The molecule has 5 nitrogen and oxygen atoms in total. The molecule has 1 rings (SSSR count). The van der Waals surface area contributed by atoms with E-state index in [-0.39, 0.29) is 18.5 Å². The van der Waals surface area contributed by atoms with Crippen LogP contribution in [0.5, 0.6) is 0 Å². The predicted molar refractivity (Wildman–Crippen MR) is 106 cm³/mol. The van der Waals surface area contributed by atoms with Gasteiger partial charge < -0.3 is 9.47 Å². The van der Waals surface area contributed by atoms with Gasteiger partial charge in [-0.3, -0.25) is 14.9 Å². The molecule has 0 unspecified atom stereocenters. The van der Waals surface area contributed by atoms with Gasteiger partial charge in [0.2, 0.25) is 0 Å². The smallest absolute Gasteiger partial charge is 0.324 e. The third kappa shape index (κ3) is 10.5. The first-order chi connectivity index (χ1) is 12.0. The van der Waals surface area contributed by atoms with Crippen LogP contribution in [0.1, 0.15) is 47.1 Å². The van der Waals surface area contributed by atoms with Gasteiger partial charge in [-0.25, -0.2) is 0 Å². The van der Waals surface area contributed by atoms with E-state index in [1.54, 1.807) is 11.8 Å². The molecule has 6 heteroatoms. The molecule has 1 atom stereocenters. The maximum atomic E-state index is 12.4. The third-order valence-electron chi connectivity index (χ3n) is 3.00. The molecule has 26 heavy (non-hydrogen) atoms. The van der Waals surface area contributed by atoms with Crippen LogP contribution in [0.25, 0.3) is 0 Å². The van der Waals surface area contributed by atoms with Crippen LogP contribution in [0.2, 0.25) is 0 Å². The predicted octanol–water partition coefficient (Wildman–Crippen LogP) is 3.56. The normalized spacial score (nSPS) is 13.2. The van der Waals surface area contributed by atoms with Crippen LogP contribution in [0.15, 0.2) is 30.3 Å². The number of rotatable bonds is 8. The van der Waals surface area contributed by atoms with Crippen LogP contribution in [0.3, 0.4) is 0 Å². The van der Waals surface area contributed by atoms with Crippen LogP contribution in [-0.2, 0) is 24.8 Å². The number of carbonyl (C=O) groups is 2. The summed E-state index contributed by atoms with van der Waals surface area (Å²) in [5.74, 6) is 0.543. The number of nitrogens with one attached hydrogen (secondary N) is 1. The topological polar surface area (TPSA) is 64.6 Å². The van der Waals surface area contributed by atoms with Crippen molar-refractivity contribution in [3.63, 3.8) is 0 Å². The van der Waals surface area contributed by atoms with Gasteiger partial charge in [-0.05, 0) is 47.1 Å². The number of ether oxygens (including phenoxy) is 2. The Labute approximate surface area is 161 Å². The molecule has 1 aromatic rings. The second-order valence-corrected chi connectivity index (χ2v) is 9.08. The molecule has 1 aromatic carbocycles. The third-order valence-corrected chi connectivity index (χ3v) is 4.11. The lowest BCUT2D eigenvalue weighted by molar-refractivity contribution is -0.157. The number of benzene rings is 1. The highest BCUT2D eigenvalue weighted by Crippen LogP contribution is 2.16. The second kappa shape index (κ2) is 9.97. The Kier molecular flexibility index (Phi) is 8.63. The minimum Gasteiger partial charge on any atom is -0.459 e. The van der Waals surface area contributed by atoms with E-state index in [1.165, 1.54) is 5.56 Å². The second-order valence-electron chi connectivity index (χ2n) is 8.05. The Hall–Kier alpha value is -1.53. The van der Waals surface area contributed by atoms with E-state index in [0.717, 1.165) is 5.75 Å². The lowest BCUT2D eigenvalue weighted by Gasteiger charge is -2.25. The van der Waals surface area contributed by atoms with Crippen LogP contribution >= 0.6 is 11.8 Å². The molecule has 0 aliphatic heterocycles. The van der Waals surface area contributed by atoms with E-state index in [0.29, 0.717) is 5.75 Å². The van der Waals surface area contributed by atoms with Gasteiger partial charge in [0.05, 0.1) is 6.54 Å². The van der Waals surface area contributed by atoms with E-state index < -0.39 is 17.2 Å². The summed E-state index contributed by atoms with van der Waals surface area (Å²) in [6.07, 6.45) is 0. The summed E-state index contributed by atoms with van der Waals surface area (Å²) in [6.45, 7) is 10.9. The van der Waals surface area contributed by atoms with Gasteiger partial charge in [0, 0.05) is 11.5 Å². The van der Waals surface area contributed by atoms with E-state index >= 15 is 0 Å². The molecular weight excluding hydrogens is 350 g/mol.